The van der Waals surface area contributed by atoms with Crippen molar-refractivity contribution in [2.24, 2.45) is 0 Å². The molecule has 0 saturated carbocycles. The summed E-state index contributed by atoms with van der Waals surface area (Å²) in [4.78, 5) is 7.17. The van der Waals surface area contributed by atoms with E-state index >= 15 is 0 Å². The zero-order valence-electron chi connectivity index (χ0n) is 11.6. The van der Waals surface area contributed by atoms with Crippen molar-refractivity contribution in [2.45, 2.75) is 18.9 Å². The van der Waals surface area contributed by atoms with E-state index in [2.05, 4.69) is 47.3 Å². The van der Waals surface area contributed by atoms with Crippen LogP contribution in [0.15, 0.2) is 36.5 Å². The van der Waals surface area contributed by atoms with Gasteiger partial charge in [0, 0.05) is 29.6 Å². The van der Waals surface area contributed by atoms with Crippen LogP contribution in [0.25, 0.3) is 21.7 Å². The van der Waals surface area contributed by atoms with E-state index in [1.807, 2.05) is 6.20 Å². The lowest BCUT2D eigenvalue weighted by molar-refractivity contribution is 0.230. The van der Waals surface area contributed by atoms with E-state index in [4.69, 9.17) is 0 Å². The second-order valence-electron chi connectivity index (χ2n) is 6.12. The predicted octanol–water partition coefficient (Wildman–Crippen LogP) is 3.47. The average Bonchev–Trinajstić information content (AvgIpc) is 2.50. The molecule has 0 N–H and O–H groups in total. The van der Waals surface area contributed by atoms with E-state index in [-0.39, 0.29) is 0 Å². The molecule has 1 aliphatic heterocycles. The summed E-state index contributed by atoms with van der Waals surface area (Å²) in [5.41, 5.74) is 5.73. The zero-order chi connectivity index (χ0) is 13.3. The molecule has 3 aromatic rings. The highest BCUT2D eigenvalue weighted by molar-refractivity contribution is 6.10. The van der Waals surface area contributed by atoms with Gasteiger partial charge in [0.05, 0.1) is 5.52 Å². The summed E-state index contributed by atoms with van der Waals surface area (Å²) in [7, 11) is 2.26. The minimum atomic E-state index is 0.544. The Morgan fingerprint density at radius 1 is 1.10 bits per heavy atom. The Morgan fingerprint density at radius 2 is 2.05 bits per heavy atom. The Morgan fingerprint density at radius 3 is 3.00 bits per heavy atom. The monoisotopic (exact) mass is 260 g/mol. The van der Waals surface area contributed by atoms with Crippen molar-refractivity contribution in [3.63, 3.8) is 0 Å². The maximum Gasteiger partial charge on any atom is 0.0711 e. The maximum atomic E-state index is 4.65. The van der Waals surface area contributed by atoms with Crippen molar-refractivity contribution in [3.05, 3.63) is 53.2 Å². The molecule has 2 aliphatic rings. The van der Waals surface area contributed by atoms with Crippen LogP contribution in [0, 0.1) is 0 Å². The molecule has 0 unspecified atom stereocenters. The lowest BCUT2D eigenvalue weighted by Crippen LogP contribution is -2.34. The summed E-state index contributed by atoms with van der Waals surface area (Å²) in [6, 6.07) is 11.7. The van der Waals surface area contributed by atoms with Crippen molar-refractivity contribution in [1.29, 1.82) is 0 Å². The molecule has 0 amide bonds. The maximum absolute atomic E-state index is 4.65. The van der Waals surface area contributed by atoms with Crippen LogP contribution in [0.5, 0.6) is 0 Å². The molecule has 1 aliphatic carbocycles. The van der Waals surface area contributed by atoms with Crippen LogP contribution in [-0.4, -0.2) is 23.5 Å². The normalized spacial score (nSPS) is 20.9. The summed E-state index contributed by atoms with van der Waals surface area (Å²) >= 11 is 0. The summed E-state index contributed by atoms with van der Waals surface area (Å²) in [5.74, 6) is 0. The van der Waals surface area contributed by atoms with Crippen LogP contribution < -0.4 is 0 Å². The Bertz CT molecular complexity index is 866. The summed E-state index contributed by atoms with van der Waals surface area (Å²) in [6.45, 7) is 1.17. The number of benzene rings is 2. The van der Waals surface area contributed by atoms with E-state index in [9.17, 15) is 0 Å². The van der Waals surface area contributed by atoms with Crippen molar-refractivity contribution in [1.82, 2.24) is 9.88 Å². The molecule has 2 aromatic carbocycles. The molecule has 0 saturated heterocycles. The van der Waals surface area contributed by atoms with Gasteiger partial charge in [-0.2, -0.15) is 0 Å². The molecule has 2 nitrogen and oxygen atoms in total. The van der Waals surface area contributed by atoms with Crippen LogP contribution in [0.3, 0.4) is 0 Å². The molecule has 2 heterocycles. The minimum absolute atomic E-state index is 0.544. The van der Waals surface area contributed by atoms with Gasteiger partial charge in [-0.05, 0) is 48.0 Å². The van der Waals surface area contributed by atoms with Crippen LogP contribution in [-0.2, 0) is 12.8 Å². The van der Waals surface area contributed by atoms with Gasteiger partial charge in [-0.25, -0.2) is 0 Å². The fraction of sp³-hybridized carbons (Fsp3) is 0.278. The van der Waals surface area contributed by atoms with Crippen molar-refractivity contribution < 1.29 is 0 Å². The molecule has 5 rings (SSSR count). The number of aromatic nitrogens is 1. The predicted molar refractivity (Wildman–Crippen MR) is 82.0 cm³/mol. The van der Waals surface area contributed by atoms with Crippen LogP contribution in [0.2, 0.25) is 0 Å². The molecule has 20 heavy (non-hydrogen) atoms. The second-order valence-corrected chi connectivity index (χ2v) is 6.12. The average molecular weight is 260 g/mol. The Labute approximate surface area is 118 Å². The van der Waals surface area contributed by atoms with Crippen molar-refractivity contribution in [3.8, 4) is 0 Å². The van der Waals surface area contributed by atoms with Gasteiger partial charge >= 0.3 is 0 Å². The van der Waals surface area contributed by atoms with Gasteiger partial charge in [0.2, 0.25) is 0 Å². The zero-order valence-corrected chi connectivity index (χ0v) is 11.6. The third kappa shape index (κ3) is 1.20. The van der Waals surface area contributed by atoms with Gasteiger partial charge in [0.25, 0.3) is 0 Å². The number of likely N-dealkylation sites (N-methyl/N-ethyl adjacent to an activating group) is 1. The lowest BCUT2D eigenvalue weighted by atomic mass is 9.79. The van der Waals surface area contributed by atoms with E-state index in [0.717, 1.165) is 11.9 Å². The van der Waals surface area contributed by atoms with Crippen LogP contribution >= 0.6 is 0 Å². The van der Waals surface area contributed by atoms with Gasteiger partial charge in [-0.15, -0.1) is 0 Å². The first kappa shape index (κ1) is 10.8. The number of pyridine rings is 1. The van der Waals surface area contributed by atoms with Gasteiger partial charge < -0.3 is 0 Å². The number of hydrogen-bond donors (Lipinski definition) is 0. The van der Waals surface area contributed by atoms with Crippen molar-refractivity contribution >= 4 is 21.7 Å². The van der Waals surface area contributed by atoms with E-state index in [1.165, 1.54) is 34.7 Å². The molecule has 2 heteroatoms. The van der Waals surface area contributed by atoms with Crippen LogP contribution in [0.1, 0.15) is 22.7 Å². The summed E-state index contributed by atoms with van der Waals surface area (Å²) in [6.07, 6.45) is 4.33. The standard InChI is InChI=1S/C18H16N2/c1-20-8-7-11-5-6-13-10-19-14-4-2-3-12-9-15(20)17(11)18(13)16(12)14/h2-6,10,15H,7-9H2,1H3/t15-/m1/s1. The Balaban J connectivity index is 2.07. The van der Waals surface area contributed by atoms with Crippen LogP contribution in [0.4, 0.5) is 0 Å². The molecule has 1 atom stereocenters. The first-order valence-electron chi connectivity index (χ1n) is 7.35. The topological polar surface area (TPSA) is 16.1 Å². The first-order valence-corrected chi connectivity index (χ1v) is 7.35. The quantitative estimate of drug-likeness (QED) is 0.575. The molecule has 98 valence electrons. The second kappa shape index (κ2) is 3.58. The van der Waals surface area contributed by atoms with Gasteiger partial charge in [0.15, 0.2) is 0 Å². The molecule has 1 aromatic heterocycles. The SMILES string of the molecule is CN1CCc2ccc3cnc4cccc5c4c3c2[C@H]1C5. The van der Waals surface area contributed by atoms with E-state index in [1.54, 1.807) is 11.1 Å². The Kier molecular flexibility index (Phi) is 1.94. The number of nitrogens with zero attached hydrogens (tertiary/aromatic N) is 2. The minimum Gasteiger partial charge on any atom is -0.299 e. The highest BCUT2D eigenvalue weighted by Crippen LogP contribution is 2.44. The highest BCUT2D eigenvalue weighted by atomic mass is 15.1. The van der Waals surface area contributed by atoms with Gasteiger partial charge in [-0.3, -0.25) is 9.88 Å². The fourth-order valence-electron chi connectivity index (χ4n) is 4.10. The molecule has 0 fully saturated rings. The van der Waals surface area contributed by atoms with Crippen molar-refractivity contribution in [2.75, 3.05) is 13.6 Å². The first-order chi connectivity index (χ1) is 9.83. The van der Waals surface area contributed by atoms with Gasteiger partial charge in [0.1, 0.15) is 0 Å². The van der Waals surface area contributed by atoms with E-state index < -0.39 is 0 Å². The summed E-state index contributed by atoms with van der Waals surface area (Å²) < 4.78 is 0. The largest absolute Gasteiger partial charge is 0.299 e. The van der Waals surface area contributed by atoms with E-state index in [0.29, 0.717) is 6.04 Å². The highest BCUT2D eigenvalue weighted by Gasteiger charge is 2.31. The molecule has 0 bridgehead atoms. The Hall–Kier alpha value is -1.93. The third-order valence-corrected chi connectivity index (χ3v) is 5.10. The van der Waals surface area contributed by atoms with Gasteiger partial charge in [-0.1, -0.05) is 24.3 Å². The molecule has 0 radical (unpaired) electrons. The lowest BCUT2D eigenvalue weighted by Gasteiger charge is -2.38. The molecular weight excluding hydrogens is 244 g/mol. The molecule has 0 spiro atoms. The third-order valence-electron chi connectivity index (χ3n) is 5.10. The number of hydrogen-bond acceptors (Lipinski definition) is 2. The molecular formula is C18H16N2. The fourth-order valence-corrected chi connectivity index (χ4v) is 4.10. The summed E-state index contributed by atoms with van der Waals surface area (Å²) in [5, 5.41) is 4.16. The smallest absolute Gasteiger partial charge is 0.0711 e. The number of rotatable bonds is 0.